The molecule has 1 aliphatic rings. The SMILES string of the molecule is CO/N=C(\C)C1(C)CCCO1. The molecule has 0 aliphatic carbocycles. The second kappa shape index (κ2) is 3.22. The maximum atomic E-state index is 5.54. The predicted octanol–water partition coefficient (Wildman–Crippen LogP) is 1.58. The summed E-state index contributed by atoms with van der Waals surface area (Å²) >= 11 is 0. The Balaban J connectivity index is 2.63. The summed E-state index contributed by atoms with van der Waals surface area (Å²) in [4.78, 5) is 4.69. The van der Waals surface area contributed by atoms with E-state index >= 15 is 0 Å². The van der Waals surface area contributed by atoms with Gasteiger partial charge in [-0.15, -0.1) is 0 Å². The highest BCUT2D eigenvalue weighted by Crippen LogP contribution is 2.26. The zero-order valence-electron chi connectivity index (χ0n) is 7.39. The van der Waals surface area contributed by atoms with Crippen molar-refractivity contribution in [3.8, 4) is 0 Å². The number of ether oxygens (including phenoxy) is 1. The molecule has 0 bridgehead atoms. The fourth-order valence-corrected chi connectivity index (χ4v) is 1.30. The molecule has 1 heterocycles. The van der Waals surface area contributed by atoms with E-state index in [-0.39, 0.29) is 5.60 Å². The molecule has 0 saturated carbocycles. The summed E-state index contributed by atoms with van der Waals surface area (Å²) in [5.74, 6) is 0. The van der Waals surface area contributed by atoms with Crippen molar-refractivity contribution >= 4 is 5.71 Å². The molecule has 1 aliphatic heterocycles. The van der Waals surface area contributed by atoms with Gasteiger partial charge in [-0.2, -0.15) is 0 Å². The van der Waals surface area contributed by atoms with Gasteiger partial charge in [-0.25, -0.2) is 0 Å². The van der Waals surface area contributed by atoms with Gasteiger partial charge in [0.2, 0.25) is 0 Å². The average molecular weight is 157 g/mol. The highest BCUT2D eigenvalue weighted by molar-refractivity contribution is 5.89. The molecule has 0 amide bonds. The van der Waals surface area contributed by atoms with Crippen LogP contribution < -0.4 is 0 Å². The molecule has 0 aromatic rings. The van der Waals surface area contributed by atoms with Crippen LogP contribution in [0.1, 0.15) is 26.7 Å². The smallest absolute Gasteiger partial charge is 0.106 e. The predicted molar refractivity (Wildman–Crippen MR) is 43.7 cm³/mol. The molecule has 1 saturated heterocycles. The van der Waals surface area contributed by atoms with Crippen LogP contribution in [0.25, 0.3) is 0 Å². The Morgan fingerprint density at radius 2 is 2.36 bits per heavy atom. The lowest BCUT2D eigenvalue weighted by molar-refractivity contribution is 0.0722. The van der Waals surface area contributed by atoms with Gasteiger partial charge in [-0.1, -0.05) is 5.16 Å². The van der Waals surface area contributed by atoms with Gasteiger partial charge in [-0.3, -0.25) is 0 Å². The minimum absolute atomic E-state index is 0.171. The first-order valence-corrected chi connectivity index (χ1v) is 3.91. The topological polar surface area (TPSA) is 30.8 Å². The molecule has 1 rings (SSSR count). The Labute approximate surface area is 67.4 Å². The largest absolute Gasteiger partial charge is 0.399 e. The van der Waals surface area contributed by atoms with Crippen molar-refractivity contribution in [1.82, 2.24) is 0 Å². The van der Waals surface area contributed by atoms with E-state index in [0.717, 1.165) is 25.2 Å². The molecule has 0 aromatic carbocycles. The normalized spacial score (nSPS) is 32.5. The van der Waals surface area contributed by atoms with Crippen LogP contribution in [0.4, 0.5) is 0 Å². The molecular formula is C8H15NO2. The summed E-state index contributed by atoms with van der Waals surface area (Å²) in [7, 11) is 1.56. The standard InChI is InChI=1S/C8H15NO2/c1-7(9-10-3)8(2)5-4-6-11-8/h4-6H2,1-3H3/b9-7+. The van der Waals surface area contributed by atoms with Crippen molar-refractivity contribution < 1.29 is 9.57 Å². The minimum Gasteiger partial charge on any atom is -0.399 e. The van der Waals surface area contributed by atoms with Crippen molar-refractivity contribution in [2.24, 2.45) is 5.16 Å². The first kappa shape index (κ1) is 8.53. The number of hydrogen-bond donors (Lipinski definition) is 0. The molecule has 0 aromatic heterocycles. The molecule has 0 N–H and O–H groups in total. The molecule has 1 atom stereocenters. The van der Waals surface area contributed by atoms with Gasteiger partial charge in [0, 0.05) is 6.61 Å². The highest BCUT2D eigenvalue weighted by atomic mass is 16.6. The molecule has 64 valence electrons. The monoisotopic (exact) mass is 157 g/mol. The minimum atomic E-state index is -0.171. The zero-order chi connectivity index (χ0) is 8.32. The fourth-order valence-electron chi connectivity index (χ4n) is 1.30. The maximum absolute atomic E-state index is 5.54. The van der Waals surface area contributed by atoms with Crippen molar-refractivity contribution in [2.45, 2.75) is 32.3 Å². The lowest BCUT2D eigenvalue weighted by atomic mass is 9.98. The van der Waals surface area contributed by atoms with Crippen molar-refractivity contribution in [1.29, 1.82) is 0 Å². The summed E-state index contributed by atoms with van der Waals surface area (Å²) in [6, 6.07) is 0. The Hall–Kier alpha value is -0.570. The fraction of sp³-hybridized carbons (Fsp3) is 0.875. The molecular weight excluding hydrogens is 142 g/mol. The van der Waals surface area contributed by atoms with Crippen LogP contribution in [0.2, 0.25) is 0 Å². The summed E-state index contributed by atoms with van der Waals surface area (Å²) in [5.41, 5.74) is 0.758. The van der Waals surface area contributed by atoms with Crippen LogP contribution in [-0.2, 0) is 9.57 Å². The van der Waals surface area contributed by atoms with Gasteiger partial charge in [0.05, 0.1) is 5.71 Å². The van der Waals surface area contributed by atoms with Gasteiger partial charge >= 0.3 is 0 Å². The summed E-state index contributed by atoms with van der Waals surface area (Å²) in [6.45, 7) is 4.83. The second-order valence-electron chi connectivity index (χ2n) is 3.04. The third-order valence-electron chi connectivity index (χ3n) is 2.21. The number of nitrogens with zero attached hydrogens (tertiary/aromatic N) is 1. The number of oxime groups is 1. The molecule has 1 unspecified atom stereocenters. The van der Waals surface area contributed by atoms with Crippen LogP contribution in [0, 0.1) is 0 Å². The molecule has 0 spiro atoms. The van der Waals surface area contributed by atoms with Crippen LogP contribution in [0.5, 0.6) is 0 Å². The van der Waals surface area contributed by atoms with Crippen molar-refractivity contribution in [2.75, 3.05) is 13.7 Å². The van der Waals surface area contributed by atoms with E-state index in [0.29, 0.717) is 0 Å². The Morgan fingerprint density at radius 3 is 2.82 bits per heavy atom. The summed E-state index contributed by atoms with van der Waals surface area (Å²) in [5, 5.41) is 3.87. The molecule has 0 radical (unpaired) electrons. The van der Waals surface area contributed by atoms with E-state index in [9.17, 15) is 0 Å². The highest BCUT2D eigenvalue weighted by Gasteiger charge is 2.33. The van der Waals surface area contributed by atoms with Crippen LogP contribution in [0.3, 0.4) is 0 Å². The van der Waals surface area contributed by atoms with E-state index in [1.54, 1.807) is 7.11 Å². The summed E-state index contributed by atoms with van der Waals surface area (Å²) in [6.07, 6.45) is 2.17. The lowest BCUT2D eigenvalue weighted by Crippen LogP contribution is -2.32. The van der Waals surface area contributed by atoms with E-state index < -0.39 is 0 Å². The van der Waals surface area contributed by atoms with Crippen molar-refractivity contribution in [3.63, 3.8) is 0 Å². The van der Waals surface area contributed by atoms with Crippen LogP contribution >= 0.6 is 0 Å². The molecule has 1 fully saturated rings. The van der Waals surface area contributed by atoms with Gasteiger partial charge in [0.15, 0.2) is 0 Å². The first-order valence-electron chi connectivity index (χ1n) is 3.91. The van der Waals surface area contributed by atoms with Crippen molar-refractivity contribution in [3.05, 3.63) is 0 Å². The zero-order valence-corrected chi connectivity index (χ0v) is 7.39. The number of rotatable bonds is 2. The molecule has 3 nitrogen and oxygen atoms in total. The van der Waals surface area contributed by atoms with Gasteiger partial charge < -0.3 is 9.57 Å². The Bertz CT molecular complexity index is 159. The van der Waals surface area contributed by atoms with E-state index in [4.69, 9.17) is 4.74 Å². The number of hydrogen-bond acceptors (Lipinski definition) is 3. The van der Waals surface area contributed by atoms with Crippen LogP contribution in [-0.4, -0.2) is 25.0 Å². The van der Waals surface area contributed by atoms with Gasteiger partial charge in [0.25, 0.3) is 0 Å². The quantitative estimate of drug-likeness (QED) is 0.450. The third kappa shape index (κ3) is 1.71. The van der Waals surface area contributed by atoms with E-state index in [1.807, 2.05) is 6.92 Å². The van der Waals surface area contributed by atoms with Gasteiger partial charge in [-0.05, 0) is 26.7 Å². The van der Waals surface area contributed by atoms with E-state index in [2.05, 4.69) is 16.9 Å². The maximum Gasteiger partial charge on any atom is 0.106 e. The lowest BCUT2D eigenvalue weighted by Gasteiger charge is -2.21. The average Bonchev–Trinajstić information content (AvgIpc) is 2.38. The molecule has 3 heteroatoms. The summed E-state index contributed by atoms with van der Waals surface area (Å²) < 4.78 is 5.54. The van der Waals surface area contributed by atoms with Crippen LogP contribution in [0.15, 0.2) is 5.16 Å². The Kier molecular flexibility index (Phi) is 2.49. The van der Waals surface area contributed by atoms with E-state index in [1.165, 1.54) is 0 Å². The van der Waals surface area contributed by atoms with Gasteiger partial charge in [0.1, 0.15) is 12.7 Å². The third-order valence-corrected chi connectivity index (χ3v) is 2.21. The Morgan fingerprint density at radius 1 is 1.64 bits per heavy atom. The first-order chi connectivity index (χ1) is 5.19. The molecule has 11 heavy (non-hydrogen) atoms. The second-order valence-corrected chi connectivity index (χ2v) is 3.04.